The largest absolute Gasteiger partial charge is 0.497 e. The van der Waals surface area contributed by atoms with Crippen molar-refractivity contribution in [3.05, 3.63) is 64.7 Å². The van der Waals surface area contributed by atoms with Gasteiger partial charge >= 0.3 is 0 Å². The van der Waals surface area contributed by atoms with Gasteiger partial charge < -0.3 is 4.74 Å². The van der Waals surface area contributed by atoms with E-state index < -0.39 is 0 Å². The van der Waals surface area contributed by atoms with Crippen LogP contribution in [0.3, 0.4) is 0 Å². The van der Waals surface area contributed by atoms with Gasteiger partial charge in [-0.15, -0.1) is 0 Å². The van der Waals surface area contributed by atoms with Crippen molar-refractivity contribution in [1.82, 2.24) is 0 Å². The second-order valence-electron chi connectivity index (χ2n) is 3.93. The van der Waals surface area contributed by atoms with Crippen LogP contribution in [0.1, 0.15) is 15.9 Å². The van der Waals surface area contributed by atoms with Crippen LogP contribution < -0.4 is 4.74 Å². The van der Waals surface area contributed by atoms with Gasteiger partial charge in [-0.1, -0.05) is 41.9 Å². The molecule has 92 valence electrons. The van der Waals surface area contributed by atoms with Crippen molar-refractivity contribution in [2.24, 2.45) is 0 Å². The molecule has 0 bridgehead atoms. The summed E-state index contributed by atoms with van der Waals surface area (Å²) < 4.78 is 5.05. The van der Waals surface area contributed by atoms with Crippen molar-refractivity contribution >= 4 is 17.4 Å². The molecular weight excluding hydrogens is 248 g/mol. The molecule has 0 N–H and O–H groups in total. The van der Waals surface area contributed by atoms with Crippen LogP contribution in [0, 0.1) is 0 Å². The Morgan fingerprint density at radius 1 is 1.17 bits per heavy atom. The van der Waals surface area contributed by atoms with Crippen LogP contribution >= 0.6 is 11.6 Å². The fraction of sp³-hybridized carbons (Fsp3) is 0.133. The van der Waals surface area contributed by atoms with E-state index in [1.165, 1.54) is 0 Å². The van der Waals surface area contributed by atoms with Crippen LogP contribution in [0.5, 0.6) is 5.75 Å². The summed E-state index contributed by atoms with van der Waals surface area (Å²) in [6.07, 6.45) is 0.354. The molecule has 0 unspecified atom stereocenters. The molecular formula is C15H13ClO2. The van der Waals surface area contributed by atoms with Crippen molar-refractivity contribution in [2.45, 2.75) is 6.42 Å². The maximum Gasteiger partial charge on any atom is 0.168 e. The molecule has 2 rings (SSSR count). The van der Waals surface area contributed by atoms with Crippen molar-refractivity contribution in [1.29, 1.82) is 0 Å². The minimum atomic E-state index is 0.00820. The number of ketones is 1. The van der Waals surface area contributed by atoms with Gasteiger partial charge in [0.1, 0.15) is 5.75 Å². The molecule has 2 aromatic rings. The van der Waals surface area contributed by atoms with Crippen LogP contribution in [0.15, 0.2) is 48.5 Å². The van der Waals surface area contributed by atoms with Gasteiger partial charge in [-0.25, -0.2) is 0 Å². The Hall–Kier alpha value is -1.80. The predicted octanol–water partition coefficient (Wildman–Crippen LogP) is 3.77. The molecule has 0 atom stereocenters. The molecule has 0 amide bonds. The first-order chi connectivity index (χ1) is 8.70. The van der Waals surface area contributed by atoms with Crippen LogP contribution in [-0.4, -0.2) is 12.9 Å². The summed E-state index contributed by atoms with van der Waals surface area (Å²) in [5, 5.41) is 0.426. The van der Waals surface area contributed by atoms with Gasteiger partial charge in [-0.2, -0.15) is 0 Å². The van der Waals surface area contributed by atoms with Crippen LogP contribution in [0.25, 0.3) is 0 Å². The topological polar surface area (TPSA) is 26.3 Å². The first-order valence-electron chi connectivity index (χ1n) is 5.61. The summed E-state index contributed by atoms with van der Waals surface area (Å²) in [6.45, 7) is 0. The summed E-state index contributed by atoms with van der Waals surface area (Å²) >= 11 is 6.07. The summed E-state index contributed by atoms with van der Waals surface area (Å²) in [5.74, 6) is 0.658. The summed E-state index contributed by atoms with van der Waals surface area (Å²) in [7, 11) is 1.57. The van der Waals surface area contributed by atoms with Crippen molar-refractivity contribution < 1.29 is 9.53 Å². The van der Waals surface area contributed by atoms with Crippen LogP contribution in [-0.2, 0) is 6.42 Å². The molecule has 0 spiro atoms. The third kappa shape index (κ3) is 2.90. The van der Waals surface area contributed by atoms with E-state index in [4.69, 9.17) is 16.3 Å². The number of hydrogen-bond donors (Lipinski definition) is 0. The van der Waals surface area contributed by atoms with E-state index in [1.54, 1.807) is 25.3 Å². The van der Waals surface area contributed by atoms with Crippen molar-refractivity contribution in [2.75, 3.05) is 7.11 Å². The highest BCUT2D eigenvalue weighted by atomic mass is 35.5. The molecule has 0 saturated heterocycles. The lowest BCUT2D eigenvalue weighted by Gasteiger charge is -2.06. The number of carbonyl (C=O) groups excluding carboxylic acids is 1. The molecule has 0 aliphatic carbocycles. The monoisotopic (exact) mass is 260 g/mol. The van der Waals surface area contributed by atoms with E-state index in [9.17, 15) is 4.79 Å². The number of carbonyl (C=O) groups is 1. The molecule has 0 saturated carbocycles. The molecule has 0 fully saturated rings. The van der Waals surface area contributed by atoms with Gasteiger partial charge in [0.05, 0.1) is 12.1 Å². The van der Waals surface area contributed by atoms with E-state index in [0.717, 1.165) is 5.56 Å². The Kier molecular flexibility index (Phi) is 4.00. The second kappa shape index (κ2) is 5.69. The summed E-state index contributed by atoms with van der Waals surface area (Å²) in [5.41, 5.74) is 1.51. The van der Waals surface area contributed by atoms with E-state index in [0.29, 0.717) is 22.8 Å². The lowest BCUT2D eigenvalue weighted by molar-refractivity contribution is 0.0993. The molecule has 0 aromatic heterocycles. The molecule has 0 aliphatic rings. The van der Waals surface area contributed by atoms with E-state index in [2.05, 4.69) is 0 Å². The van der Waals surface area contributed by atoms with Crippen LogP contribution in [0.4, 0.5) is 0 Å². The van der Waals surface area contributed by atoms with Gasteiger partial charge in [-0.3, -0.25) is 4.79 Å². The lowest BCUT2D eigenvalue weighted by Crippen LogP contribution is -2.04. The average molecular weight is 261 g/mol. The normalized spacial score (nSPS) is 10.1. The number of rotatable bonds is 4. The van der Waals surface area contributed by atoms with E-state index in [1.807, 2.05) is 30.3 Å². The molecule has 2 aromatic carbocycles. The Morgan fingerprint density at radius 3 is 2.50 bits per heavy atom. The van der Waals surface area contributed by atoms with Crippen molar-refractivity contribution in [3.8, 4) is 5.75 Å². The first-order valence-corrected chi connectivity index (χ1v) is 5.99. The average Bonchev–Trinajstić information content (AvgIpc) is 2.39. The first kappa shape index (κ1) is 12.7. The molecule has 0 heterocycles. The highest BCUT2D eigenvalue weighted by molar-refractivity contribution is 6.34. The third-order valence-corrected chi connectivity index (χ3v) is 3.00. The minimum Gasteiger partial charge on any atom is -0.497 e. The van der Waals surface area contributed by atoms with E-state index in [-0.39, 0.29) is 5.78 Å². The minimum absolute atomic E-state index is 0.00820. The Morgan fingerprint density at radius 2 is 1.89 bits per heavy atom. The number of halogens is 1. The second-order valence-corrected chi connectivity index (χ2v) is 4.34. The standard InChI is InChI=1S/C15H13ClO2/c1-18-12-7-8-13(14(16)10-12)15(17)9-11-5-3-2-4-6-11/h2-8,10H,9H2,1H3. The Labute approximate surface area is 111 Å². The maximum atomic E-state index is 12.1. The smallest absolute Gasteiger partial charge is 0.168 e. The quantitative estimate of drug-likeness (QED) is 0.782. The predicted molar refractivity (Wildman–Crippen MR) is 72.5 cm³/mol. The molecule has 18 heavy (non-hydrogen) atoms. The van der Waals surface area contributed by atoms with Gasteiger partial charge in [0.2, 0.25) is 0 Å². The van der Waals surface area contributed by atoms with Gasteiger partial charge in [0.15, 0.2) is 5.78 Å². The van der Waals surface area contributed by atoms with E-state index >= 15 is 0 Å². The zero-order valence-electron chi connectivity index (χ0n) is 10.0. The zero-order chi connectivity index (χ0) is 13.0. The van der Waals surface area contributed by atoms with Gasteiger partial charge in [0.25, 0.3) is 0 Å². The van der Waals surface area contributed by atoms with Crippen molar-refractivity contribution in [3.63, 3.8) is 0 Å². The van der Waals surface area contributed by atoms with Crippen LogP contribution in [0.2, 0.25) is 5.02 Å². The molecule has 0 radical (unpaired) electrons. The molecule has 0 aliphatic heterocycles. The highest BCUT2D eigenvalue weighted by Crippen LogP contribution is 2.23. The Balaban J connectivity index is 2.19. The summed E-state index contributed by atoms with van der Waals surface area (Å²) in [6, 6.07) is 14.7. The number of ether oxygens (including phenoxy) is 1. The van der Waals surface area contributed by atoms with Gasteiger partial charge in [-0.05, 0) is 23.8 Å². The summed E-state index contributed by atoms with van der Waals surface area (Å²) in [4.78, 5) is 12.1. The number of methoxy groups -OCH3 is 1. The lowest BCUT2D eigenvalue weighted by atomic mass is 10.0. The van der Waals surface area contributed by atoms with Gasteiger partial charge in [0, 0.05) is 12.0 Å². The third-order valence-electron chi connectivity index (χ3n) is 2.68. The molecule has 3 heteroatoms. The highest BCUT2D eigenvalue weighted by Gasteiger charge is 2.11. The number of hydrogen-bond acceptors (Lipinski definition) is 2. The Bertz CT molecular complexity index is 550. The fourth-order valence-electron chi connectivity index (χ4n) is 1.73. The fourth-order valence-corrected chi connectivity index (χ4v) is 2.00. The molecule has 2 nitrogen and oxygen atoms in total. The number of Topliss-reactive ketones (excluding diaryl/α,β-unsaturated/α-hetero) is 1. The maximum absolute atomic E-state index is 12.1. The zero-order valence-corrected chi connectivity index (χ0v) is 10.8. The SMILES string of the molecule is COc1ccc(C(=O)Cc2ccccc2)c(Cl)c1. The number of benzene rings is 2.